The van der Waals surface area contributed by atoms with Gasteiger partial charge in [0.05, 0.1) is 23.4 Å². The molecule has 0 amide bonds. The van der Waals surface area contributed by atoms with E-state index in [0.717, 1.165) is 30.0 Å². The molecule has 0 saturated carbocycles. The first kappa shape index (κ1) is 16.5. The number of aromatic nitrogens is 1. The van der Waals surface area contributed by atoms with Crippen LogP contribution in [0.4, 0.5) is 8.78 Å². The molecule has 1 aromatic carbocycles. The Balaban J connectivity index is 1.64. The van der Waals surface area contributed by atoms with Crippen LogP contribution in [0.1, 0.15) is 53.1 Å². The average Bonchev–Trinajstić information content (AvgIpc) is 2.96. The minimum Gasteiger partial charge on any atom is -0.387 e. The number of aryl methyl sites for hydroxylation is 2. The van der Waals surface area contributed by atoms with E-state index < -0.39 is 17.7 Å². The summed E-state index contributed by atoms with van der Waals surface area (Å²) in [6.45, 7) is 2.03. The molecule has 3 rings (SSSR count). The Labute approximate surface area is 138 Å². The van der Waals surface area contributed by atoms with Gasteiger partial charge in [0.2, 0.25) is 0 Å². The fraction of sp³-hybridized carbons (Fsp3) is 0.471. The summed E-state index contributed by atoms with van der Waals surface area (Å²) in [5.41, 5.74) is 0.899. The Morgan fingerprint density at radius 1 is 1.26 bits per heavy atom. The number of nitrogens with one attached hydrogen (secondary N) is 1. The maximum Gasteiger partial charge on any atom is 0.131 e. The van der Waals surface area contributed by atoms with Gasteiger partial charge >= 0.3 is 0 Å². The predicted molar refractivity (Wildman–Crippen MR) is 86.5 cm³/mol. The van der Waals surface area contributed by atoms with Crippen molar-refractivity contribution in [1.29, 1.82) is 0 Å². The van der Waals surface area contributed by atoms with Crippen molar-refractivity contribution in [2.75, 3.05) is 6.54 Å². The van der Waals surface area contributed by atoms with Gasteiger partial charge in [-0.15, -0.1) is 11.3 Å². The summed E-state index contributed by atoms with van der Waals surface area (Å²) in [7, 11) is 0. The van der Waals surface area contributed by atoms with Gasteiger partial charge in [-0.2, -0.15) is 0 Å². The minimum absolute atomic E-state index is 0.0601. The molecule has 0 aliphatic heterocycles. The van der Waals surface area contributed by atoms with Crippen molar-refractivity contribution in [3.8, 4) is 0 Å². The van der Waals surface area contributed by atoms with Crippen LogP contribution in [0.2, 0.25) is 0 Å². The van der Waals surface area contributed by atoms with Crippen LogP contribution in [0.25, 0.3) is 0 Å². The van der Waals surface area contributed by atoms with Gasteiger partial charge in [-0.25, -0.2) is 13.8 Å². The normalized spacial score (nSPS) is 16.9. The van der Waals surface area contributed by atoms with Gasteiger partial charge in [-0.3, -0.25) is 0 Å². The number of fused-ring (bicyclic) bond motifs is 1. The molecule has 1 aliphatic rings. The molecule has 0 fully saturated rings. The smallest absolute Gasteiger partial charge is 0.131 e. The van der Waals surface area contributed by atoms with Crippen LogP contribution < -0.4 is 5.32 Å². The molecule has 1 aromatic heterocycles. The van der Waals surface area contributed by atoms with Crippen molar-refractivity contribution < 1.29 is 13.9 Å². The van der Waals surface area contributed by atoms with E-state index in [4.69, 9.17) is 0 Å². The molecule has 0 bridgehead atoms. The summed E-state index contributed by atoms with van der Waals surface area (Å²) in [5.74, 6) is -1.45. The topological polar surface area (TPSA) is 45.1 Å². The third-order valence-corrected chi connectivity index (χ3v) is 5.52. The van der Waals surface area contributed by atoms with Crippen LogP contribution in [0.5, 0.6) is 0 Å². The third-order valence-electron chi connectivity index (χ3n) is 4.18. The van der Waals surface area contributed by atoms with Gasteiger partial charge in [0, 0.05) is 11.4 Å². The lowest BCUT2D eigenvalue weighted by Crippen LogP contribution is -2.25. The highest BCUT2D eigenvalue weighted by Crippen LogP contribution is 2.30. The van der Waals surface area contributed by atoms with Gasteiger partial charge < -0.3 is 10.4 Å². The molecule has 2 unspecified atom stereocenters. The van der Waals surface area contributed by atoms with Gasteiger partial charge in [-0.1, -0.05) is 6.07 Å². The Morgan fingerprint density at radius 2 is 1.96 bits per heavy atom. The summed E-state index contributed by atoms with van der Waals surface area (Å²) in [6, 6.07) is 3.53. The predicted octanol–water partition coefficient (Wildman–Crippen LogP) is 3.68. The Hall–Kier alpha value is -1.37. The van der Waals surface area contributed by atoms with Gasteiger partial charge in [0.1, 0.15) is 16.6 Å². The molecule has 3 nitrogen and oxygen atoms in total. The average molecular weight is 338 g/mol. The van der Waals surface area contributed by atoms with Gasteiger partial charge in [0.25, 0.3) is 0 Å². The highest BCUT2D eigenvalue weighted by molar-refractivity contribution is 7.11. The molecule has 1 heterocycles. The second-order valence-electron chi connectivity index (χ2n) is 5.91. The standard InChI is InChI=1S/C17H20F2N2OS/c1-10(17-21-13-7-2-3-8-15(13)23-17)20-9-14(22)16-11(18)5-4-6-12(16)19/h4-6,10,14,20,22H,2-3,7-9H2,1H3. The number of hydrogen-bond acceptors (Lipinski definition) is 4. The number of hydrogen-bond donors (Lipinski definition) is 2. The van der Waals surface area contributed by atoms with Crippen LogP contribution in [-0.2, 0) is 12.8 Å². The van der Waals surface area contributed by atoms with Crippen LogP contribution >= 0.6 is 11.3 Å². The maximum absolute atomic E-state index is 13.7. The molecule has 0 spiro atoms. The van der Waals surface area contributed by atoms with Crippen LogP contribution in [0.3, 0.4) is 0 Å². The Bertz CT molecular complexity index is 645. The van der Waals surface area contributed by atoms with E-state index in [0.29, 0.717) is 0 Å². The summed E-state index contributed by atoms with van der Waals surface area (Å²) < 4.78 is 27.3. The quantitative estimate of drug-likeness (QED) is 0.874. The largest absolute Gasteiger partial charge is 0.387 e. The molecule has 2 N–H and O–H groups in total. The van der Waals surface area contributed by atoms with Gasteiger partial charge in [-0.05, 0) is 44.7 Å². The molecular weight excluding hydrogens is 318 g/mol. The van der Waals surface area contributed by atoms with Crippen molar-refractivity contribution in [2.45, 2.75) is 44.8 Å². The maximum atomic E-state index is 13.7. The molecule has 6 heteroatoms. The molecule has 124 valence electrons. The number of benzene rings is 1. The number of thiazole rings is 1. The molecule has 2 aromatic rings. The highest BCUT2D eigenvalue weighted by Gasteiger charge is 2.21. The SMILES string of the molecule is CC(NCC(O)c1c(F)cccc1F)c1nc2c(s1)CCCC2. The number of aliphatic hydroxyl groups excluding tert-OH is 1. The monoisotopic (exact) mass is 338 g/mol. The first-order valence-electron chi connectivity index (χ1n) is 7.90. The molecule has 0 saturated heterocycles. The molecule has 0 radical (unpaired) electrons. The van der Waals surface area contributed by atoms with E-state index in [1.165, 1.54) is 29.5 Å². The lowest BCUT2D eigenvalue weighted by Gasteiger charge is -2.16. The summed E-state index contributed by atoms with van der Waals surface area (Å²) in [4.78, 5) is 6.01. The zero-order valence-electron chi connectivity index (χ0n) is 13.0. The van der Waals surface area contributed by atoms with Crippen molar-refractivity contribution >= 4 is 11.3 Å². The van der Waals surface area contributed by atoms with Gasteiger partial charge in [0.15, 0.2) is 0 Å². The lowest BCUT2D eigenvalue weighted by atomic mass is 10.0. The zero-order valence-corrected chi connectivity index (χ0v) is 13.8. The zero-order chi connectivity index (χ0) is 16.4. The van der Waals surface area contributed by atoms with E-state index in [9.17, 15) is 13.9 Å². The third kappa shape index (κ3) is 3.59. The van der Waals surface area contributed by atoms with Crippen molar-refractivity contribution in [3.63, 3.8) is 0 Å². The summed E-state index contributed by atoms with van der Waals surface area (Å²) in [5, 5.41) is 14.2. The van der Waals surface area contributed by atoms with Crippen LogP contribution in [0.15, 0.2) is 18.2 Å². The lowest BCUT2D eigenvalue weighted by molar-refractivity contribution is 0.161. The summed E-state index contributed by atoms with van der Waals surface area (Å²) in [6.07, 6.45) is 3.28. The minimum atomic E-state index is -1.23. The number of halogens is 2. The van der Waals surface area contributed by atoms with E-state index in [-0.39, 0.29) is 18.2 Å². The molecule has 1 aliphatic carbocycles. The second kappa shape index (κ2) is 7.03. The van der Waals surface area contributed by atoms with E-state index in [1.54, 1.807) is 11.3 Å². The van der Waals surface area contributed by atoms with E-state index in [2.05, 4.69) is 10.3 Å². The van der Waals surface area contributed by atoms with Crippen LogP contribution in [0, 0.1) is 11.6 Å². The fourth-order valence-electron chi connectivity index (χ4n) is 2.86. The highest BCUT2D eigenvalue weighted by atomic mass is 32.1. The first-order chi connectivity index (χ1) is 11.1. The van der Waals surface area contributed by atoms with Crippen molar-refractivity contribution in [1.82, 2.24) is 10.3 Å². The van der Waals surface area contributed by atoms with Crippen molar-refractivity contribution in [2.24, 2.45) is 0 Å². The number of rotatable bonds is 5. The fourth-order valence-corrected chi connectivity index (χ4v) is 4.04. The second-order valence-corrected chi connectivity index (χ2v) is 7.03. The molecular formula is C17H20F2N2OS. The summed E-state index contributed by atoms with van der Waals surface area (Å²) >= 11 is 1.69. The van der Waals surface area contributed by atoms with Crippen LogP contribution in [-0.4, -0.2) is 16.6 Å². The first-order valence-corrected chi connectivity index (χ1v) is 8.71. The Morgan fingerprint density at radius 3 is 2.65 bits per heavy atom. The molecule has 2 atom stereocenters. The van der Waals surface area contributed by atoms with E-state index in [1.807, 2.05) is 6.92 Å². The number of nitrogens with zero attached hydrogens (tertiary/aromatic N) is 1. The van der Waals surface area contributed by atoms with E-state index >= 15 is 0 Å². The van der Waals surface area contributed by atoms with Crippen molar-refractivity contribution in [3.05, 3.63) is 51.0 Å². The Kier molecular flexibility index (Phi) is 5.04. The number of aliphatic hydroxyl groups is 1. The molecule has 23 heavy (non-hydrogen) atoms.